The second kappa shape index (κ2) is 4.92. The van der Waals surface area contributed by atoms with Gasteiger partial charge in [-0.15, -0.1) is 0 Å². The van der Waals surface area contributed by atoms with Crippen molar-refractivity contribution < 1.29 is 9.90 Å². The minimum atomic E-state index is -0.793. The van der Waals surface area contributed by atoms with Crippen LogP contribution in [0.2, 0.25) is 0 Å². The molecule has 0 radical (unpaired) electrons. The van der Waals surface area contributed by atoms with Crippen molar-refractivity contribution in [2.45, 2.75) is 31.7 Å². The van der Waals surface area contributed by atoms with E-state index in [2.05, 4.69) is 23.6 Å². The lowest BCUT2D eigenvalue weighted by Gasteiger charge is -2.12. The first-order valence-corrected chi connectivity index (χ1v) is 6.16. The lowest BCUT2D eigenvalue weighted by molar-refractivity contribution is 0.0695. The number of aromatic carboxylic acids is 1. The maximum absolute atomic E-state index is 11.1. The summed E-state index contributed by atoms with van der Waals surface area (Å²) in [5.41, 5.74) is 1.54. The molecule has 0 bridgehead atoms. The van der Waals surface area contributed by atoms with Crippen LogP contribution in [0, 0.1) is 0 Å². The Morgan fingerprint density at radius 2 is 2.24 bits per heavy atom. The van der Waals surface area contributed by atoms with E-state index in [4.69, 9.17) is 5.11 Å². The molecule has 0 unspecified atom stereocenters. The van der Waals surface area contributed by atoms with Gasteiger partial charge in [-0.25, -0.2) is 4.79 Å². The Labute approximate surface area is 102 Å². The zero-order chi connectivity index (χ0) is 12.4. The highest BCUT2D eigenvalue weighted by Crippen LogP contribution is 2.42. The average Bonchev–Trinajstić information content (AvgIpc) is 2.99. The first-order valence-electron chi connectivity index (χ1n) is 6.16. The van der Waals surface area contributed by atoms with Crippen LogP contribution in [0.5, 0.6) is 0 Å². The van der Waals surface area contributed by atoms with Gasteiger partial charge in [-0.3, -0.25) is 0 Å². The Morgan fingerprint density at radius 1 is 1.53 bits per heavy atom. The maximum Gasteiger partial charge on any atom is 0.337 e. The predicted octanol–water partition coefficient (Wildman–Crippen LogP) is 2.02. The summed E-state index contributed by atoms with van der Waals surface area (Å²) in [4.78, 5) is 13.3. The average molecular weight is 236 g/mol. The van der Waals surface area contributed by atoms with Crippen molar-refractivity contribution in [3.05, 3.63) is 23.5 Å². The second-order valence-corrected chi connectivity index (χ2v) is 5.04. The van der Waals surface area contributed by atoms with E-state index in [1.54, 1.807) is 6.07 Å². The first kappa shape index (κ1) is 12.2. The number of nitrogens with zero attached hydrogens (tertiary/aromatic N) is 2. The Hall–Kier alpha value is -1.29. The predicted molar refractivity (Wildman–Crippen MR) is 66.5 cm³/mol. The normalized spacial score (nSPS) is 15.5. The van der Waals surface area contributed by atoms with Crippen molar-refractivity contribution in [1.29, 1.82) is 0 Å². The molecule has 4 heteroatoms. The lowest BCUT2D eigenvalue weighted by Crippen LogP contribution is -2.15. The van der Waals surface area contributed by atoms with Gasteiger partial charge in [0.15, 0.2) is 0 Å². The van der Waals surface area contributed by atoms with E-state index in [1.165, 1.54) is 0 Å². The van der Waals surface area contributed by atoms with Crippen LogP contribution in [0.25, 0.3) is 0 Å². The SMILES string of the molecule is CN(C)CCCn1ccc(C(=O)O)c1C1CC1. The maximum atomic E-state index is 11.1. The van der Waals surface area contributed by atoms with Crippen LogP contribution in [-0.4, -0.2) is 41.2 Å². The minimum Gasteiger partial charge on any atom is -0.478 e. The molecular formula is C13H20N2O2. The molecule has 1 aromatic heterocycles. The zero-order valence-electron chi connectivity index (χ0n) is 10.5. The molecule has 0 spiro atoms. The van der Waals surface area contributed by atoms with Gasteiger partial charge in [-0.2, -0.15) is 0 Å². The molecular weight excluding hydrogens is 216 g/mol. The van der Waals surface area contributed by atoms with Crippen LogP contribution >= 0.6 is 0 Å². The summed E-state index contributed by atoms with van der Waals surface area (Å²) in [7, 11) is 4.11. The number of carboxylic acid groups (broad SMARTS) is 1. The molecule has 94 valence electrons. The van der Waals surface area contributed by atoms with Crippen LogP contribution in [-0.2, 0) is 6.54 Å². The van der Waals surface area contributed by atoms with Crippen molar-refractivity contribution in [1.82, 2.24) is 9.47 Å². The third kappa shape index (κ3) is 2.88. The molecule has 1 saturated carbocycles. The van der Waals surface area contributed by atoms with E-state index in [0.29, 0.717) is 11.5 Å². The number of aromatic nitrogens is 1. The van der Waals surface area contributed by atoms with Crippen LogP contribution < -0.4 is 0 Å². The molecule has 0 atom stereocenters. The summed E-state index contributed by atoms with van der Waals surface area (Å²) in [5, 5.41) is 9.15. The van der Waals surface area contributed by atoms with E-state index in [0.717, 1.165) is 38.0 Å². The molecule has 2 rings (SSSR count). The summed E-state index contributed by atoms with van der Waals surface area (Å²) in [6, 6.07) is 1.74. The van der Waals surface area contributed by atoms with Gasteiger partial charge in [0.05, 0.1) is 5.56 Å². The summed E-state index contributed by atoms with van der Waals surface area (Å²) in [6.07, 6.45) is 5.25. The molecule has 1 fully saturated rings. The molecule has 1 aliphatic carbocycles. The lowest BCUT2D eigenvalue weighted by atomic mass is 10.2. The Morgan fingerprint density at radius 3 is 2.76 bits per heavy atom. The molecule has 0 aliphatic heterocycles. The number of carboxylic acids is 1. The standard InChI is InChI=1S/C13H20N2O2/c1-14(2)7-3-8-15-9-6-11(13(16)17)12(15)10-4-5-10/h6,9-10H,3-5,7-8H2,1-2H3,(H,16,17). The van der Waals surface area contributed by atoms with Gasteiger partial charge in [0.2, 0.25) is 0 Å². The smallest absolute Gasteiger partial charge is 0.337 e. The summed E-state index contributed by atoms with van der Waals surface area (Å²) in [5.74, 6) is -0.311. The molecule has 17 heavy (non-hydrogen) atoms. The Bertz CT molecular complexity index is 406. The van der Waals surface area contributed by atoms with Crippen LogP contribution in [0.4, 0.5) is 0 Å². The third-order valence-electron chi connectivity index (χ3n) is 3.21. The van der Waals surface area contributed by atoms with Crippen molar-refractivity contribution in [3.8, 4) is 0 Å². The highest BCUT2D eigenvalue weighted by molar-refractivity contribution is 5.89. The highest BCUT2D eigenvalue weighted by Gasteiger charge is 2.31. The van der Waals surface area contributed by atoms with E-state index >= 15 is 0 Å². The number of hydrogen-bond donors (Lipinski definition) is 1. The monoisotopic (exact) mass is 236 g/mol. The van der Waals surface area contributed by atoms with Crippen molar-refractivity contribution >= 4 is 5.97 Å². The molecule has 1 aromatic rings. The van der Waals surface area contributed by atoms with E-state index in [-0.39, 0.29) is 0 Å². The van der Waals surface area contributed by atoms with Gasteiger partial charge in [0.25, 0.3) is 0 Å². The molecule has 0 saturated heterocycles. The van der Waals surface area contributed by atoms with Gasteiger partial charge >= 0.3 is 5.97 Å². The molecule has 0 aromatic carbocycles. The fourth-order valence-corrected chi connectivity index (χ4v) is 2.23. The Kier molecular flexibility index (Phi) is 3.52. The van der Waals surface area contributed by atoms with Gasteiger partial charge < -0.3 is 14.6 Å². The van der Waals surface area contributed by atoms with Crippen molar-refractivity contribution in [2.75, 3.05) is 20.6 Å². The van der Waals surface area contributed by atoms with Crippen molar-refractivity contribution in [3.63, 3.8) is 0 Å². The largest absolute Gasteiger partial charge is 0.478 e. The van der Waals surface area contributed by atoms with Crippen LogP contribution in [0.3, 0.4) is 0 Å². The molecule has 4 nitrogen and oxygen atoms in total. The number of carbonyl (C=O) groups is 1. The quantitative estimate of drug-likeness (QED) is 0.822. The zero-order valence-corrected chi connectivity index (χ0v) is 10.5. The molecule has 1 aliphatic rings. The van der Waals surface area contributed by atoms with Gasteiger partial charge in [0, 0.05) is 24.4 Å². The van der Waals surface area contributed by atoms with Crippen LogP contribution in [0.15, 0.2) is 12.3 Å². The van der Waals surface area contributed by atoms with Crippen LogP contribution in [0.1, 0.15) is 41.2 Å². The highest BCUT2D eigenvalue weighted by atomic mass is 16.4. The summed E-state index contributed by atoms with van der Waals surface area (Å²) >= 11 is 0. The van der Waals surface area contributed by atoms with Gasteiger partial charge in [-0.1, -0.05) is 0 Å². The number of aryl methyl sites for hydroxylation is 1. The molecule has 0 amide bonds. The first-order chi connectivity index (χ1) is 8.09. The van der Waals surface area contributed by atoms with E-state index < -0.39 is 5.97 Å². The Balaban J connectivity index is 2.08. The topological polar surface area (TPSA) is 45.5 Å². The fourth-order valence-electron chi connectivity index (χ4n) is 2.23. The third-order valence-corrected chi connectivity index (χ3v) is 3.21. The van der Waals surface area contributed by atoms with Gasteiger partial charge in [0.1, 0.15) is 0 Å². The van der Waals surface area contributed by atoms with E-state index in [9.17, 15) is 4.79 Å². The number of rotatable bonds is 6. The fraction of sp³-hybridized carbons (Fsp3) is 0.615. The second-order valence-electron chi connectivity index (χ2n) is 5.04. The van der Waals surface area contributed by atoms with Crippen molar-refractivity contribution in [2.24, 2.45) is 0 Å². The minimum absolute atomic E-state index is 0.482. The number of hydrogen-bond acceptors (Lipinski definition) is 2. The van der Waals surface area contributed by atoms with Gasteiger partial charge in [-0.05, 0) is 46.0 Å². The molecule has 1 heterocycles. The summed E-state index contributed by atoms with van der Waals surface area (Å²) < 4.78 is 2.13. The summed E-state index contributed by atoms with van der Waals surface area (Å²) in [6.45, 7) is 1.95. The van der Waals surface area contributed by atoms with E-state index in [1.807, 2.05) is 6.20 Å². The molecule has 1 N–H and O–H groups in total.